The Kier molecular flexibility index (Phi) is 6.48. The standard InChI is InChI=1S/C53H42BN3/c1-31-25-27-33(28-26-31)55-42-22-11-8-17-35(42)36-30-45(56-43-23-12-9-18-38(43)52(2,3)39-19-10-13-24-44(39)56)46-37-29-32-15-6-7-16-34(32)47-49(37)57-50-40(53(47,4)5)20-14-21-41(50)54-48(36)51(46)57/h6-30,54-55H,1-5H3. The van der Waals surface area contributed by atoms with Crippen molar-refractivity contribution in [1.82, 2.24) is 4.57 Å². The number of aromatic nitrogens is 1. The van der Waals surface area contributed by atoms with Crippen LogP contribution in [0, 0.1) is 6.92 Å². The van der Waals surface area contributed by atoms with Gasteiger partial charge in [0.1, 0.15) is 0 Å². The van der Waals surface area contributed by atoms with E-state index in [4.69, 9.17) is 0 Å². The van der Waals surface area contributed by atoms with Crippen LogP contribution in [0.1, 0.15) is 55.5 Å². The Labute approximate surface area is 334 Å². The molecule has 4 heteroatoms. The molecule has 3 nitrogen and oxygen atoms in total. The van der Waals surface area contributed by atoms with Crippen molar-refractivity contribution in [2.45, 2.75) is 45.4 Å². The van der Waals surface area contributed by atoms with Gasteiger partial charge in [-0.1, -0.05) is 148 Å². The molecule has 1 N–H and O–H groups in total. The van der Waals surface area contributed by atoms with Gasteiger partial charge >= 0.3 is 0 Å². The molecular formula is C53H42BN3. The summed E-state index contributed by atoms with van der Waals surface area (Å²) in [6.45, 7) is 11.8. The van der Waals surface area contributed by atoms with Crippen molar-refractivity contribution in [2.24, 2.45) is 0 Å². The minimum absolute atomic E-state index is 0.167. The number of nitrogens with zero attached hydrogens (tertiary/aromatic N) is 2. The Bertz CT molecular complexity index is 3150. The Morgan fingerprint density at radius 3 is 1.98 bits per heavy atom. The predicted octanol–water partition coefficient (Wildman–Crippen LogP) is 12.1. The SMILES string of the molecule is Cc1ccc(Nc2ccccc2-c2cc(N3c4ccccc4C(C)(C)c4ccccc43)c3c4cc5ccccc5c5c4n4c3c2Bc2cccc(c2-4)C5(C)C)cc1. The predicted molar refractivity (Wildman–Crippen MR) is 244 cm³/mol. The van der Waals surface area contributed by atoms with E-state index in [2.05, 4.69) is 201 Å². The highest BCUT2D eigenvalue weighted by Gasteiger charge is 2.43. The average molecular weight is 732 g/mol. The summed E-state index contributed by atoms with van der Waals surface area (Å²) < 4.78 is 2.69. The van der Waals surface area contributed by atoms with Crippen LogP contribution in [-0.2, 0) is 10.8 Å². The quantitative estimate of drug-likeness (QED) is 0.182. The summed E-state index contributed by atoms with van der Waals surface area (Å²) in [6, 6.07) is 56.9. The van der Waals surface area contributed by atoms with Gasteiger partial charge in [-0.15, -0.1) is 0 Å². The van der Waals surface area contributed by atoms with Crippen LogP contribution >= 0.6 is 0 Å². The van der Waals surface area contributed by atoms with Crippen molar-refractivity contribution in [3.05, 3.63) is 179 Å². The first kappa shape index (κ1) is 32.7. The molecule has 0 fully saturated rings. The fourth-order valence-corrected chi connectivity index (χ4v) is 10.9. The maximum atomic E-state index is 3.85. The third-order valence-corrected chi connectivity index (χ3v) is 13.6. The third kappa shape index (κ3) is 4.28. The van der Waals surface area contributed by atoms with Crippen LogP contribution in [-0.4, -0.2) is 11.8 Å². The molecule has 272 valence electrons. The van der Waals surface area contributed by atoms with Crippen molar-refractivity contribution in [3.8, 4) is 16.8 Å². The molecule has 1 aromatic heterocycles. The van der Waals surface area contributed by atoms with E-state index in [0.717, 1.165) is 18.7 Å². The summed E-state index contributed by atoms with van der Waals surface area (Å²) in [4.78, 5) is 2.59. The van der Waals surface area contributed by atoms with Gasteiger partial charge in [-0.05, 0) is 93.4 Å². The number of anilines is 5. The van der Waals surface area contributed by atoms with Crippen LogP contribution in [0.3, 0.4) is 0 Å². The number of aryl methyl sites for hydroxylation is 1. The fraction of sp³-hybridized carbons (Fsp3) is 0.132. The second-order valence-corrected chi connectivity index (χ2v) is 17.5. The van der Waals surface area contributed by atoms with E-state index in [-0.39, 0.29) is 10.8 Å². The van der Waals surface area contributed by atoms with Crippen LogP contribution in [0.25, 0.3) is 49.4 Å². The molecule has 3 aliphatic heterocycles. The van der Waals surface area contributed by atoms with E-state index in [1.54, 1.807) is 0 Å². The molecular weight excluding hydrogens is 689 g/mol. The van der Waals surface area contributed by atoms with Gasteiger partial charge in [-0.3, -0.25) is 0 Å². The molecule has 12 rings (SSSR count). The van der Waals surface area contributed by atoms with Gasteiger partial charge in [0, 0.05) is 44.2 Å². The molecule has 0 aliphatic carbocycles. The zero-order valence-electron chi connectivity index (χ0n) is 33.0. The third-order valence-electron chi connectivity index (χ3n) is 13.6. The highest BCUT2D eigenvalue weighted by atomic mass is 15.2. The number of hydrogen-bond acceptors (Lipinski definition) is 2. The summed E-state index contributed by atoms with van der Waals surface area (Å²) >= 11 is 0. The highest BCUT2D eigenvalue weighted by Crippen LogP contribution is 2.57. The van der Waals surface area contributed by atoms with Gasteiger partial charge in [0.15, 0.2) is 7.28 Å². The molecule has 3 aliphatic rings. The summed E-state index contributed by atoms with van der Waals surface area (Å²) in [5, 5.41) is 9.11. The lowest BCUT2D eigenvalue weighted by atomic mass is 9.57. The zero-order valence-corrected chi connectivity index (χ0v) is 33.0. The summed E-state index contributed by atoms with van der Waals surface area (Å²) in [6.07, 6.45) is 0. The van der Waals surface area contributed by atoms with Gasteiger partial charge < -0.3 is 14.8 Å². The lowest BCUT2D eigenvalue weighted by Gasteiger charge is -2.42. The van der Waals surface area contributed by atoms with Crippen LogP contribution in [0.2, 0.25) is 0 Å². The van der Waals surface area contributed by atoms with Gasteiger partial charge in [0.25, 0.3) is 0 Å². The first-order chi connectivity index (χ1) is 27.7. The van der Waals surface area contributed by atoms with Gasteiger partial charge in [0.05, 0.1) is 28.1 Å². The smallest absolute Gasteiger partial charge is 0.198 e. The zero-order chi connectivity index (χ0) is 38.4. The van der Waals surface area contributed by atoms with Crippen LogP contribution in [0.4, 0.5) is 28.4 Å². The molecule has 0 radical (unpaired) electrons. The molecule has 0 amide bonds. The van der Waals surface area contributed by atoms with E-state index >= 15 is 0 Å². The molecule has 9 aromatic rings. The molecule has 0 spiro atoms. The maximum Gasteiger partial charge on any atom is 0.198 e. The molecule has 0 unspecified atom stereocenters. The Morgan fingerprint density at radius 2 is 1.21 bits per heavy atom. The van der Waals surface area contributed by atoms with Crippen molar-refractivity contribution in [2.75, 3.05) is 10.2 Å². The van der Waals surface area contributed by atoms with Crippen molar-refractivity contribution < 1.29 is 0 Å². The molecule has 0 saturated heterocycles. The number of nitrogens with one attached hydrogen (secondary N) is 1. The lowest BCUT2D eigenvalue weighted by molar-refractivity contribution is 0.632. The van der Waals surface area contributed by atoms with Crippen molar-refractivity contribution in [1.29, 1.82) is 0 Å². The molecule has 8 aromatic carbocycles. The van der Waals surface area contributed by atoms with E-state index in [9.17, 15) is 0 Å². The van der Waals surface area contributed by atoms with Crippen molar-refractivity contribution >= 4 is 79.2 Å². The number of para-hydroxylation sites is 4. The number of rotatable bonds is 4. The fourth-order valence-electron chi connectivity index (χ4n) is 10.9. The minimum Gasteiger partial charge on any atom is -0.355 e. The molecule has 0 saturated carbocycles. The summed E-state index contributed by atoms with van der Waals surface area (Å²) in [7, 11) is 0.857. The second-order valence-electron chi connectivity index (χ2n) is 17.5. The molecule has 57 heavy (non-hydrogen) atoms. The average Bonchev–Trinajstić information content (AvgIpc) is 3.56. The summed E-state index contributed by atoms with van der Waals surface area (Å²) in [5.41, 5.74) is 21.5. The normalized spacial score (nSPS) is 15.1. The maximum absolute atomic E-state index is 3.85. The van der Waals surface area contributed by atoms with Crippen LogP contribution in [0.5, 0.6) is 0 Å². The monoisotopic (exact) mass is 731 g/mol. The van der Waals surface area contributed by atoms with Gasteiger partial charge in [0.2, 0.25) is 0 Å². The largest absolute Gasteiger partial charge is 0.355 e. The molecule has 0 bridgehead atoms. The number of fused-ring (bicyclic) bond motifs is 5. The molecule has 0 atom stereocenters. The first-order valence-electron chi connectivity index (χ1n) is 20.3. The first-order valence-corrected chi connectivity index (χ1v) is 20.3. The second kappa shape index (κ2) is 11.3. The van der Waals surface area contributed by atoms with Gasteiger partial charge in [-0.25, -0.2) is 0 Å². The minimum atomic E-state index is -0.200. The molecule has 4 heterocycles. The summed E-state index contributed by atoms with van der Waals surface area (Å²) in [5.74, 6) is 0. The van der Waals surface area contributed by atoms with E-state index in [0.29, 0.717) is 0 Å². The van der Waals surface area contributed by atoms with Gasteiger partial charge in [-0.2, -0.15) is 0 Å². The Hall–Kier alpha value is -6.52. The van der Waals surface area contributed by atoms with Crippen LogP contribution in [0.15, 0.2) is 152 Å². The van der Waals surface area contributed by atoms with Crippen molar-refractivity contribution in [3.63, 3.8) is 0 Å². The number of benzene rings is 8. The van der Waals surface area contributed by atoms with E-state index in [1.165, 1.54) is 105 Å². The van der Waals surface area contributed by atoms with Crippen LogP contribution < -0.4 is 21.1 Å². The number of hydrogen-bond donors (Lipinski definition) is 1. The lowest BCUT2D eigenvalue weighted by Crippen LogP contribution is -2.41. The Morgan fingerprint density at radius 1 is 0.544 bits per heavy atom. The van der Waals surface area contributed by atoms with E-state index in [1.807, 2.05) is 0 Å². The highest BCUT2D eigenvalue weighted by molar-refractivity contribution is 6.74. The topological polar surface area (TPSA) is 20.2 Å². The Balaban J connectivity index is 1.29. The van der Waals surface area contributed by atoms with E-state index < -0.39 is 0 Å².